The number of nitrogens with one attached hydrogen (secondary N) is 2. The highest BCUT2D eigenvalue weighted by Crippen LogP contribution is 2.29. The van der Waals surface area contributed by atoms with Crippen LogP contribution < -0.4 is 10.0 Å². The minimum atomic E-state index is -4.40. The van der Waals surface area contributed by atoms with Crippen LogP contribution in [0.25, 0.3) is 6.08 Å². The lowest BCUT2D eigenvalue weighted by Crippen LogP contribution is -2.52. The lowest BCUT2D eigenvalue weighted by atomic mass is 9.91. The molecule has 0 aromatic heterocycles. The largest absolute Gasteiger partial charge is 0.416 e. The number of hydrogen-bond donors (Lipinski definition) is 2. The molecule has 144 valence electrons. The van der Waals surface area contributed by atoms with Gasteiger partial charge >= 0.3 is 6.18 Å². The molecule has 2 rings (SSSR count). The molecule has 0 spiro atoms. The minimum absolute atomic E-state index is 0.316. The van der Waals surface area contributed by atoms with Crippen molar-refractivity contribution in [2.24, 2.45) is 0 Å². The summed E-state index contributed by atoms with van der Waals surface area (Å²) in [5, 5.41) is 2.76. The van der Waals surface area contributed by atoms with E-state index in [1.165, 1.54) is 24.3 Å². The lowest BCUT2D eigenvalue weighted by molar-refractivity contribution is -0.137. The Morgan fingerprint density at radius 1 is 1.12 bits per heavy atom. The second kappa shape index (κ2) is 8.22. The predicted molar refractivity (Wildman–Crippen MR) is 92.6 cm³/mol. The molecular formula is C17H21F3N2O3S. The van der Waals surface area contributed by atoms with Gasteiger partial charge in [0, 0.05) is 18.2 Å². The minimum Gasteiger partial charge on any atom is -0.348 e. The van der Waals surface area contributed by atoms with Gasteiger partial charge in [-0.3, -0.25) is 4.79 Å². The molecule has 1 aromatic carbocycles. The Hall–Kier alpha value is -1.87. The van der Waals surface area contributed by atoms with Gasteiger partial charge in [0.25, 0.3) is 0 Å². The van der Waals surface area contributed by atoms with Crippen molar-refractivity contribution < 1.29 is 26.4 Å². The first-order valence-electron chi connectivity index (χ1n) is 8.18. The second-order valence-electron chi connectivity index (χ2n) is 6.35. The molecule has 0 heterocycles. The fourth-order valence-electron chi connectivity index (χ4n) is 2.91. The van der Waals surface area contributed by atoms with Crippen molar-refractivity contribution >= 4 is 22.0 Å². The van der Waals surface area contributed by atoms with E-state index in [2.05, 4.69) is 10.0 Å². The first-order valence-corrected chi connectivity index (χ1v) is 10.1. The fraction of sp³-hybridized carbons (Fsp3) is 0.471. The third-order valence-corrected chi connectivity index (χ3v) is 4.86. The number of alkyl halides is 3. The van der Waals surface area contributed by atoms with Crippen LogP contribution in [-0.4, -0.2) is 32.7 Å². The van der Waals surface area contributed by atoms with Gasteiger partial charge in [0.1, 0.15) is 0 Å². The standard InChI is InChI=1S/C17H21F3N2O3S/c1-26(24,25)22-15-5-3-2-4-14(15)21-16(23)11-8-12-6-9-13(10-7-12)17(18,19)20/h6-11,14-15,22H,2-5H2,1H3,(H,21,23). The van der Waals surface area contributed by atoms with Gasteiger partial charge in [-0.1, -0.05) is 25.0 Å². The van der Waals surface area contributed by atoms with Crippen molar-refractivity contribution in [3.05, 3.63) is 41.5 Å². The molecule has 0 bridgehead atoms. The lowest BCUT2D eigenvalue weighted by Gasteiger charge is -2.31. The highest BCUT2D eigenvalue weighted by molar-refractivity contribution is 7.88. The van der Waals surface area contributed by atoms with Crippen molar-refractivity contribution in [3.63, 3.8) is 0 Å². The normalized spacial score (nSPS) is 21.7. The molecule has 1 amide bonds. The number of carbonyl (C=O) groups is 1. The van der Waals surface area contributed by atoms with Gasteiger partial charge in [0.15, 0.2) is 0 Å². The number of rotatable bonds is 5. The van der Waals surface area contributed by atoms with Crippen LogP contribution in [0.5, 0.6) is 0 Å². The number of halogens is 3. The Morgan fingerprint density at radius 2 is 1.69 bits per heavy atom. The third-order valence-electron chi connectivity index (χ3n) is 4.12. The zero-order valence-electron chi connectivity index (χ0n) is 14.2. The first kappa shape index (κ1) is 20.4. The Balaban J connectivity index is 1.97. The van der Waals surface area contributed by atoms with Crippen molar-refractivity contribution in [2.75, 3.05) is 6.26 Å². The van der Waals surface area contributed by atoms with Crippen LogP contribution in [0.15, 0.2) is 30.3 Å². The van der Waals surface area contributed by atoms with Crippen LogP contribution in [0.3, 0.4) is 0 Å². The molecule has 0 aliphatic heterocycles. The number of amides is 1. The number of benzene rings is 1. The molecule has 9 heteroatoms. The Kier molecular flexibility index (Phi) is 6.46. The first-order chi connectivity index (χ1) is 12.0. The summed E-state index contributed by atoms with van der Waals surface area (Å²) < 4.78 is 62.9. The summed E-state index contributed by atoms with van der Waals surface area (Å²) in [5.74, 6) is -0.419. The third kappa shape index (κ3) is 6.45. The molecule has 1 saturated carbocycles. The van der Waals surface area contributed by atoms with E-state index in [0.29, 0.717) is 18.4 Å². The summed E-state index contributed by atoms with van der Waals surface area (Å²) in [4.78, 5) is 12.1. The molecule has 1 aromatic rings. The van der Waals surface area contributed by atoms with Crippen LogP contribution in [-0.2, 0) is 21.0 Å². The van der Waals surface area contributed by atoms with E-state index in [1.807, 2.05) is 0 Å². The maximum Gasteiger partial charge on any atom is 0.416 e. The average Bonchev–Trinajstić information content (AvgIpc) is 2.53. The van der Waals surface area contributed by atoms with Crippen LogP contribution in [0, 0.1) is 0 Å². The summed E-state index contributed by atoms with van der Waals surface area (Å²) in [6.07, 6.45) is 2.38. The zero-order valence-corrected chi connectivity index (χ0v) is 15.0. The van der Waals surface area contributed by atoms with Crippen molar-refractivity contribution in [3.8, 4) is 0 Å². The molecular weight excluding hydrogens is 369 g/mol. The molecule has 0 saturated heterocycles. The molecule has 1 aliphatic carbocycles. The van der Waals surface area contributed by atoms with E-state index >= 15 is 0 Å². The van der Waals surface area contributed by atoms with E-state index in [9.17, 15) is 26.4 Å². The number of sulfonamides is 1. The van der Waals surface area contributed by atoms with E-state index in [0.717, 1.165) is 31.2 Å². The fourth-order valence-corrected chi connectivity index (χ4v) is 3.74. The van der Waals surface area contributed by atoms with Crippen LogP contribution in [0.2, 0.25) is 0 Å². The quantitative estimate of drug-likeness (QED) is 0.759. The van der Waals surface area contributed by atoms with Crippen molar-refractivity contribution in [2.45, 2.75) is 43.9 Å². The molecule has 26 heavy (non-hydrogen) atoms. The zero-order chi connectivity index (χ0) is 19.4. The van der Waals surface area contributed by atoms with E-state index in [-0.39, 0.29) is 12.1 Å². The number of carbonyl (C=O) groups excluding carboxylic acids is 1. The summed E-state index contributed by atoms with van der Waals surface area (Å²) in [6.45, 7) is 0. The molecule has 1 fully saturated rings. The van der Waals surface area contributed by atoms with Gasteiger partial charge in [-0.15, -0.1) is 0 Å². The second-order valence-corrected chi connectivity index (χ2v) is 8.13. The van der Waals surface area contributed by atoms with E-state index in [1.54, 1.807) is 0 Å². The Labute approximate surface area is 150 Å². The average molecular weight is 390 g/mol. The highest BCUT2D eigenvalue weighted by Gasteiger charge is 2.30. The predicted octanol–water partition coefficient (Wildman–Crippen LogP) is 2.70. The molecule has 5 nitrogen and oxygen atoms in total. The van der Waals surface area contributed by atoms with Gasteiger partial charge in [0.2, 0.25) is 15.9 Å². The van der Waals surface area contributed by atoms with Gasteiger partial charge in [-0.25, -0.2) is 13.1 Å². The SMILES string of the molecule is CS(=O)(=O)NC1CCCCC1NC(=O)C=Cc1ccc(C(F)(F)F)cc1. The molecule has 1 aliphatic rings. The summed E-state index contributed by atoms with van der Waals surface area (Å²) in [6, 6.07) is 3.78. The van der Waals surface area contributed by atoms with E-state index < -0.39 is 27.7 Å². The Bertz CT molecular complexity index is 758. The monoisotopic (exact) mass is 390 g/mol. The summed E-state index contributed by atoms with van der Waals surface area (Å²) in [5.41, 5.74) is -0.293. The summed E-state index contributed by atoms with van der Waals surface area (Å²) >= 11 is 0. The van der Waals surface area contributed by atoms with Crippen LogP contribution in [0.1, 0.15) is 36.8 Å². The Morgan fingerprint density at radius 3 is 2.23 bits per heavy atom. The topological polar surface area (TPSA) is 75.3 Å². The number of hydrogen-bond acceptors (Lipinski definition) is 3. The van der Waals surface area contributed by atoms with Gasteiger partial charge < -0.3 is 5.32 Å². The summed E-state index contributed by atoms with van der Waals surface area (Å²) in [7, 11) is -3.38. The van der Waals surface area contributed by atoms with Crippen LogP contribution in [0.4, 0.5) is 13.2 Å². The molecule has 2 atom stereocenters. The molecule has 2 N–H and O–H groups in total. The maximum atomic E-state index is 12.5. The van der Waals surface area contributed by atoms with Gasteiger partial charge in [-0.05, 0) is 36.6 Å². The maximum absolute atomic E-state index is 12.5. The van der Waals surface area contributed by atoms with Crippen molar-refractivity contribution in [1.29, 1.82) is 0 Å². The highest BCUT2D eigenvalue weighted by atomic mass is 32.2. The van der Waals surface area contributed by atoms with Crippen LogP contribution >= 0.6 is 0 Å². The van der Waals surface area contributed by atoms with Crippen molar-refractivity contribution in [1.82, 2.24) is 10.0 Å². The molecule has 0 radical (unpaired) electrons. The smallest absolute Gasteiger partial charge is 0.348 e. The van der Waals surface area contributed by atoms with Gasteiger partial charge in [0.05, 0.1) is 11.8 Å². The van der Waals surface area contributed by atoms with Gasteiger partial charge in [-0.2, -0.15) is 13.2 Å². The molecule has 2 unspecified atom stereocenters. The van der Waals surface area contributed by atoms with E-state index in [4.69, 9.17) is 0 Å².